The topological polar surface area (TPSA) is 34.2 Å². The van der Waals surface area contributed by atoms with Gasteiger partial charge in [0, 0.05) is 17.1 Å². The Balaban J connectivity index is 2.13. The van der Waals surface area contributed by atoms with Gasteiger partial charge in [-0.15, -0.1) is 0 Å². The van der Waals surface area contributed by atoms with Crippen LogP contribution in [0.2, 0.25) is 0 Å². The first-order valence-electron chi connectivity index (χ1n) is 6.18. The third-order valence-electron chi connectivity index (χ3n) is 2.97. The average molecular weight is 274 g/mol. The third-order valence-corrected chi connectivity index (χ3v) is 3.91. The van der Waals surface area contributed by atoms with Gasteiger partial charge in [0.25, 0.3) is 0 Å². The first-order chi connectivity index (χ1) is 9.22. The number of hydrogen-bond donors (Lipinski definition) is 1. The molecule has 0 amide bonds. The highest BCUT2D eigenvalue weighted by Crippen LogP contribution is 2.28. The van der Waals surface area contributed by atoms with Gasteiger partial charge in [0.15, 0.2) is 0 Å². The van der Waals surface area contributed by atoms with Crippen LogP contribution in [-0.4, -0.2) is 19.1 Å². The van der Waals surface area contributed by atoms with Crippen LogP contribution < -0.4 is 10.1 Å². The van der Waals surface area contributed by atoms with Crippen LogP contribution in [0.1, 0.15) is 18.5 Å². The fourth-order valence-electron chi connectivity index (χ4n) is 1.68. The summed E-state index contributed by atoms with van der Waals surface area (Å²) in [5.41, 5.74) is 1.24. The van der Waals surface area contributed by atoms with Gasteiger partial charge in [-0.2, -0.15) is 0 Å². The third kappa shape index (κ3) is 3.72. The van der Waals surface area contributed by atoms with E-state index in [-0.39, 0.29) is 0 Å². The first-order valence-corrected chi connectivity index (χ1v) is 6.99. The van der Waals surface area contributed by atoms with Crippen molar-refractivity contribution in [3.63, 3.8) is 0 Å². The van der Waals surface area contributed by atoms with Crippen LogP contribution >= 0.6 is 11.8 Å². The lowest BCUT2D eigenvalue weighted by atomic mass is 10.1. The van der Waals surface area contributed by atoms with Crippen molar-refractivity contribution in [2.75, 3.05) is 14.2 Å². The minimum Gasteiger partial charge on any atom is -0.497 e. The summed E-state index contributed by atoms with van der Waals surface area (Å²) in [6, 6.07) is 12.5. The van der Waals surface area contributed by atoms with Gasteiger partial charge in [-0.3, -0.25) is 0 Å². The van der Waals surface area contributed by atoms with Crippen molar-refractivity contribution in [3.8, 4) is 5.75 Å². The Morgan fingerprint density at radius 2 is 1.95 bits per heavy atom. The van der Waals surface area contributed by atoms with Crippen molar-refractivity contribution in [3.05, 3.63) is 48.2 Å². The van der Waals surface area contributed by atoms with Gasteiger partial charge in [-0.1, -0.05) is 11.8 Å². The molecule has 2 rings (SSSR count). The molecule has 1 unspecified atom stereocenters. The van der Waals surface area contributed by atoms with Crippen LogP contribution in [0.4, 0.5) is 0 Å². The Bertz CT molecular complexity index is 528. The molecular formula is C15H18N2OS. The highest BCUT2D eigenvalue weighted by atomic mass is 32.2. The first kappa shape index (κ1) is 13.9. The number of hydrogen-bond acceptors (Lipinski definition) is 4. The summed E-state index contributed by atoms with van der Waals surface area (Å²) in [5, 5.41) is 4.24. The van der Waals surface area contributed by atoms with E-state index in [1.165, 1.54) is 5.56 Å². The van der Waals surface area contributed by atoms with Crippen molar-refractivity contribution < 1.29 is 4.74 Å². The van der Waals surface area contributed by atoms with Crippen LogP contribution in [-0.2, 0) is 0 Å². The molecule has 0 aliphatic heterocycles. The molecule has 100 valence electrons. The molecule has 4 heteroatoms. The van der Waals surface area contributed by atoms with Gasteiger partial charge >= 0.3 is 0 Å². The summed E-state index contributed by atoms with van der Waals surface area (Å²) in [6.07, 6.45) is 1.86. The molecule has 2 aromatic rings. The molecule has 0 aliphatic rings. The smallest absolute Gasteiger partial charge is 0.118 e. The normalized spacial score (nSPS) is 12.2. The Hall–Kier alpha value is -1.52. The van der Waals surface area contributed by atoms with Gasteiger partial charge in [0.05, 0.1) is 7.11 Å². The summed E-state index contributed by atoms with van der Waals surface area (Å²) >= 11 is 1.65. The summed E-state index contributed by atoms with van der Waals surface area (Å²) in [6.45, 7) is 2.14. The van der Waals surface area contributed by atoms with Gasteiger partial charge < -0.3 is 10.1 Å². The monoisotopic (exact) mass is 274 g/mol. The van der Waals surface area contributed by atoms with Crippen LogP contribution in [0.5, 0.6) is 5.75 Å². The molecule has 0 spiro atoms. The molecule has 19 heavy (non-hydrogen) atoms. The summed E-state index contributed by atoms with van der Waals surface area (Å²) in [4.78, 5) is 5.55. The standard InChI is InChI=1S/C15H18N2OS/c1-11(16-2)12-8-9-17-15(10-12)19-14-6-4-13(18-3)5-7-14/h4-11,16H,1-3H3. The zero-order valence-electron chi connectivity index (χ0n) is 11.4. The van der Waals surface area contributed by atoms with Crippen LogP contribution in [0.25, 0.3) is 0 Å². The maximum absolute atomic E-state index is 5.15. The molecule has 1 N–H and O–H groups in total. The van der Waals surface area contributed by atoms with Crippen molar-refractivity contribution in [2.45, 2.75) is 22.9 Å². The Morgan fingerprint density at radius 1 is 1.21 bits per heavy atom. The Labute approximate surface area is 118 Å². The van der Waals surface area contributed by atoms with Crippen molar-refractivity contribution >= 4 is 11.8 Å². The predicted molar refractivity (Wildman–Crippen MR) is 78.8 cm³/mol. The fourth-order valence-corrected chi connectivity index (χ4v) is 2.50. The number of aromatic nitrogens is 1. The number of nitrogens with zero attached hydrogens (tertiary/aromatic N) is 1. The van der Waals surface area contributed by atoms with Gasteiger partial charge in [0.2, 0.25) is 0 Å². The van der Waals surface area contributed by atoms with Crippen LogP contribution in [0.15, 0.2) is 52.5 Å². The Morgan fingerprint density at radius 3 is 2.58 bits per heavy atom. The van der Waals surface area contributed by atoms with Gasteiger partial charge in [0.1, 0.15) is 10.8 Å². The molecule has 0 bridgehead atoms. The number of benzene rings is 1. The van der Waals surface area contributed by atoms with E-state index in [0.29, 0.717) is 6.04 Å². The molecule has 1 aromatic heterocycles. The highest BCUT2D eigenvalue weighted by molar-refractivity contribution is 7.99. The number of nitrogens with one attached hydrogen (secondary N) is 1. The zero-order valence-corrected chi connectivity index (χ0v) is 12.2. The molecule has 1 heterocycles. The quantitative estimate of drug-likeness (QED) is 0.904. The summed E-state index contributed by atoms with van der Waals surface area (Å²) in [7, 11) is 3.63. The lowest BCUT2D eigenvalue weighted by Gasteiger charge is -2.11. The molecule has 0 saturated carbocycles. The molecule has 0 aliphatic carbocycles. The van der Waals surface area contributed by atoms with E-state index >= 15 is 0 Å². The molecule has 0 saturated heterocycles. The minimum absolute atomic E-state index is 0.332. The van der Waals surface area contributed by atoms with Gasteiger partial charge in [-0.25, -0.2) is 4.98 Å². The zero-order chi connectivity index (χ0) is 13.7. The SMILES string of the molecule is CNC(C)c1ccnc(Sc2ccc(OC)cc2)c1. The van der Waals surface area contributed by atoms with E-state index in [0.717, 1.165) is 15.7 Å². The second-order valence-electron chi connectivity index (χ2n) is 4.22. The second-order valence-corrected chi connectivity index (χ2v) is 5.31. The van der Waals surface area contributed by atoms with Crippen LogP contribution in [0, 0.1) is 0 Å². The van der Waals surface area contributed by atoms with Crippen molar-refractivity contribution in [1.29, 1.82) is 0 Å². The Kier molecular flexibility index (Phi) is 4.82. The van der Waals surface area contributed by atoms with Crippen molar-refractivity contribution in [1.82, 2.24) is 10.3 Å². The van der Waals surface area contributed by atoms with E-state index < -0.39 is 0 Å². The molecule has 0 fully saturated rings. The number of ether oxygens (including phenoxy) is 1. The van der Waals surface area contributed by atoms with Crippen LogP contribution in [0.3, 0.4) is 0 Å². The van der Waals surface area contributed by atoms with Gasteiger partial charge in [-0.05, 0) is 55.9 Å². The molecule has 0 radical (unpaired) electrons. The average Bonchev–Trinajstić information content (AvgIpc) is 2.47. The molecule has 1 atom stereocenters. The maximum Gasteiger partial charge on any atom is 0.118 e. The predicted octanol–water partition coefficient (Wildman–Crippen LogP) is 3.52. The lowest BCUT2D eigenvalue weighted by molar-refractivity contribution is 0.414. The highest BCUT2D eigenvalue weighted by Gasteiger charge is 2.05. The summed E-state index contributed by atoms with van der Waals surface area (Å²) in [5.74, 6) is 0.870. The van der Waals surface area contributed by atoms with E-state index in [1.807, 2.05) is 43.6 Å². The van der Waals surface area contributed by atoms with E-state index in [4.69, 9.17) is 4.74 Å². The van der Waals surface area contributed by atoms with E-state index in [9.17, 15) is 0 Å². The van der Waals surface area contributed by atoms with E-state index in [2.05, 4.69) is 23.3 Å². The minimum atomic E-state index is 0.332. The number of pyridine rings is 1. The largest absolute Gasteiger partial charge is 0.497 e. The number of methoxy groups -OCH3 is 1. The molecular weight excluding hydrogens is 256 g/mol. The lowest BCUT2D eigenvalue weighted by Crippen LogP contribution is -2.12. The fraction of sp³-hybridized carbons (Fsp3) is 0.267. The maximum atomic E-state index is 5.15. The molecule has 1 aromatic carbocycles. The van der Waals surface area contributed by atoms with Crippen molar-refractivity contribution in [2.24, 2.45) is 0 Å². The molecule has 3 nitrogen and oxygen atoms in total. The second kappa shape index (κ2) is 6.59. The summed E-state index contributed by atoms with van der Waals surface area (Å²) < 4.78 is 5.15. The number of rotatable bonds is 5. The van der Waals surface area contributed by atoms with E-state index in [1.54, 1.807) is 18.9 Å².